The summed E-state index contributed by atoms with van der Waals surface area (Å²) in [5, 5.41) is 0.848. The summed E-state index contributed by atoms with van der Waals surface area (Å²) >= 11 is 0. The minimum atomic E-state index is -1.46. The summed E-state index contributed by atoms with van der Waals surface area (Å²) in [5.41, 5.74) is 2.33. The van der Waals surface area contributed by atoms with Crippen LogP contribution in [0.2, 0.25) is 36.3 Å². The van der Waals surface area contributed by atoms with Crippen molar-refractivity contribution in [2.45, 2.75) is 84.2 Å². The molecule has 0 radical (unpaired) electrons. The molecule has 0 spiro atoms. The minimum Gasteiger partial charge on any atom is -0.345 e. The monoisotopic (exact) mass is 329 g/mol. The van der Waals surface area contributed by atoms with Crippen molar-refractivity contribution >= 4 is 26.7 Å². The first kappa shape index (κ1) is 20.4. The molecule has 0 aromatic rings. The van der Waals surface area contributed by atoms with E-state index in [4.69, 9.17) is 0 Å². The Morgan fingerprint density at radius 3 is 1.45 bits per heavy atom. The average molecular weight is 330 g/mol. The molecule has 0 aliphatic heterocycles. The Balaban J connectivity index is 5.62. The van der Waals surface area contributed by atoms with Gasteiger partial charge in [-0.05, 0) is 23.0 Å². The van der Waals surface area contributed by atoms with Gasteiger partial charge in [-0.1, -0.05) is 73.8 Å². The molecule has 0 saturated heterocycles. The molecule has 0 amide bonds. The Kier molecular flexibility index (Phi) is 6.75. The van der Waals surface area contributed by atoms with Gasteiger partial charge in [-0.2, -0.15) is 0 Å². The van der Waals surface area contributed by atoms with Crippen LogP contribution >= 0.6 is 0 Å². The maximum Gasteiger partial charge on any atom is 0.121 e. The molecule has 4 heteroatoms. The van der Waals surface area contributed by atoms with Crippen LogP contribution in [-0.4, -0.2) is 37.5 Å². The molecule has 0 saturated carbocycles. The van der Waals surface area contributed by atoms with Gasteiger partial charge in [0.2, 0.25) is 0 Å². The van der Waals surface area contributed by atoms with Crippen LogP contribution in [0, 0.1) is 0 Å². The summed E-state index contributed by atoms with van der Waals surface area (Å²) in [6, 6.07) is 0. The maximum absolute atomic E-state index is 3.02. The second-order valence-corrected chi connectivity index (χ2v) is 20.6. The highest BCUT2D eigenvalue weighted by Gasteiger charge is 2.51. The molecule has 0 aliphatic carbocycles. The van der Waals surface area contributed by atoms with Gasteiger partial charge in [0.25, 0.3) is 0 Å². The van der Waals surface area contributed by atoms with E-state index >= 15 is 0 Å². The smallest absolute Gasteiger partial charge is 0.121 e. The summed E-state index contributed by atoms with van der Waals surface area (Å²) in [6.45, 7) is 26.3. The Morgan fingerprint density at radius 1 is 0.850 bits per heavy atom. The second-order valence-electron chi connectivity index (χ2n) is 9.13. The molecule has 0 N–H and O–H groups in total. The SMILES string of the molecule is CC(C)(C)[Si](C)(C)N(CCC=C[SiH3])[Si](C)(C)C(C)(C)C. The van der Waals surface area contributed by atoms with Gasteiger partial charge in [0.05, 0.1) is 0 Å². The third-order valence-corrected chi connectivity index (χ3v) is 20.1. The normalized spacial score (nSPS) is 15.6. The Labute approximate surface area is 133 Å². The van der Waals surface area contributed by atoms with Crippen LogP contribution in [0.1, 0.15) is 48.0 Å². The van der Waals surface area contributed by atoms with Gasteiger partial charge in [-0.25, -0.2) is 0 Å². The quantitative estimate of drug-likeness (QED) is 0.668. The molecule has 0 heterocycles. The predicted octanol–water partition coefficient (Wildman–Crippen LogP) is 4.57. The van der Waals surface area contributed by atoms with Crippen LogP contribution < -0.4 is 0 Å². The largest absolute Gasteiger partial charge is 0.345 e. The number of rotatable bonds is 5. The molecule has 0 fully saturated rings. The fourth-order valence-electron chi connectivity index (χ4n) is 2.44. The molecular weight excluding hydrogens is 290 g/mol. The summed E-state index contributed by atoms with van der Waals surface area (Å²) < 4.78 is 3.02. The lowest BCUT2D eigenvalue weighted by Crippen LogP contribution is -2.68. The van der Waals surface area contributed by atoms with Crippen molar-refractivity contribution in [2.24, 2.45) is 0 Å². The van der Waals surface area contributed by atoms with E-state index in [0.717, 1.165) is 0 Å². The molecule has 0 atom stereocenters. The zero-order valence-electron chi connectivity index (χ0n) is 16.0. The fourth-order valence-corrected chi connectivity index (χ4v) is 13.4. The van der Waals surface area contributed by atoms with Crippen LogP contribution in [0.3, 0.4) is 0 Å². The third-order valence-electron chi connectivity index (χ3n) is 5.78. The molecule has 20 heavy (non-hydrogen) atoms. The van der Waals surface area contributed by atoms with Gasteiger partial charge in [-0.3, -0.25) is 0 Å². The summed E-state index contributed by atoms with van der Waals surface area (Å²) in [6.07, 6.45) is 3.61. The molecule has 0 unspecified atom stereocenters. The first-order valence-electron chi connectivity index (χ1n) is 8.08. The molecule has 0 bridgehead atoms. The van der Waals surface area contributed by atoms with Crippen molar-refractivity contribution in [3.8, 4) is 0 Å². The highest BCUT2D eigenvalue weighted by molar-refractivity contribution is 6.93. The Bertz CT molecular complexity index is 307. The molecular formula is C16H39NSi3. The van der Waals surface area contributed by atoms with Crippen LogP contribution in [0.15, 0.2) is 11.8 Å². The predicted molar refractivity (Wildman–Crippen MR) is 105 cm³/mol. The highest BCUT2D eigenvalue weighted by atomic mass is 28.4. The lowest BCUT2D eigenvalue weighted by molar-refractivity contribution is 0.517. The summed E-state index contributed by atoms with van der Waals surface area (Å²) in [7, 11) is -1.73. The second kappa shape index (κ2) is 6.63. The van der Waals surface area contributed by atoms with Gasteiger partial charge in [0.1, 0.15) is 16.5 Å². The zero-order chi connectivity index (χ0) is 16.4. The molecule has 1 nitrogen and oxygen atoms in total. The average Bonchev–Trinajstić information content (AvgIpc) is 2.20. The molecule has 0 aromatic carbocycles. The Hall–Kier alpha value is 0.351. The highest BCUT2D eigenvalue weighted by Crippen LogP contribution is 2.46. The van der Waals surface area contributed by atoms with Gasteiger partial charge in [0, 0.05) is 10.2 Å². The van der Waals surface area contributed by atoms with E-state index in [1.807, 2.05) is 0 Å². The van der Waals surface area contributed by atoms with Gasteiger partial charge in [-0.15, -0.1) is 5.70 Å². The van der Waals surface area contributed by atoms with E-state index in [2.05, 4.69) is 83.7 Å². The first-order chi connectivity index (χ1) is 8.69. The lowest BCUT2D eigenvalue weighted by Gasteiger charge is -2.57. The van der Waals surface area contributed by atoms with Gasteiger partial charge >= 0.3 is 0 Å². The first-order valence-corrected chi connectivity index (χ1v) is 15.1. The van der Waals surface area contributed by atoms with Crippen molar-refractivity contribution < 1.29 is 0 Å². The standard InChI is InChI=1S/C16H39NSi3/c1-15(2,3)19(7,8)17(13-11-12-14-18)20(9,10)16(4,5)6/h12,14H,11,13H2,1-10,18H3. The van der Waals surface area contributed by atoms with Crippen molar-refractivity contribution in [2.75, 3.05) is 6.54 Å². The number of hydrogen-bond donors (Lipinski definition) is 0. The zero-order valence-corrected chi connectivity index (χ0v) is 20.0. The van der Waals surface area contributed by atoms with E-state index in [9.17, 15) is 0 Å². The van der Waals surface area contributed by atoms with Crippen LogP contribution in [0.4, 0.5) is 0 Å². The van der Waals surface area contributed by atoms with E-state index in [0.29, 0.717) is 10.1 Å². The van der Waals surface area contributed by atoms with Crippen molar-refractivity contribution in [3.05, 3.63) is 11.8 Å². The lowest BCUT2D eigenvalue weighted by atomic mass is 10.2. The van der Waals surface area contributed by atoms with Crippen LogP contribution in [0.5, 0.6) is 0 Å². The number of nitrogens with zero attached hydrogens (tertiary/aromatic N) is 1. The van der Waals surface area contributed by atoms with E-state index in [1.165, 1.54) is 23.2 Å². The van der Waals surface area contributed by atoms with Crippen molar-refractivity contribution in [1.82, 2.24) is 4.23 Å². The molecule has 0 aliphatic rings. The van der Waals surface area contributed by atoms with Crippen molar-refractivity contribution in [1.29, 1.82) is 0 Å². The van der Waals surface area contributed by atoms with E-state index in [1.54, 1.807) is 0 Å². The minimum absolute atomic E-state index is 0.424. The van der Waals surface area contributed by atoms with Crippen LogP contribution in [-0.2, 0) is 0 Å². The Morgan fingerprint density at radius 2 is 1.20 bits per heavy atom. The molecule has 0 rings (SSSR count). The topological polar surface area (TPSA) is 3.24 Å². The van der Waals surface area contributed by atoms with Gasteiger partial charge < -0.3 is 4.23 Å². The summed E-state index contributed by atoms with van der Waals surface area (Å²) in [5.74, 6) is 0. The summed E-state index contributed by atoms with van der Waals surface area (Å²) in [4.78, 5) is 0. The van der Waals surface area contributed by atoms with Crippen molar-refractivity contribution in [3.63, 3.8) is 0 Å². The molecule has 120 valence electrons. The number of hydrogen-bond acceptors (Lipinski definition) is 1. The maximum atomic E-state index is 3.02. The van der Waals surface area contributed by atoms with Crippen LogP contribution in [0.25, 0.3) is 0 Å². The fraction of sp³-hybridized carbons (Fsp3) is 0.875. The molecule has 0 aromatic heterocycles. The third kappa shape index (κ3) is 4.42. The van der Waals surface area contributed by atoms with Gasteiger partial charge in [0.15, 0.2) is 0 Å². The van der Waals surface area contributed by atoms with E-state index in [-0.39, 0.29) is 0 Å². The van der Waals surface area contributed by atoms with E-state index < -0.39 is 16.5 Å².